The second kappa shape index (κ2) is 8.97. The summed E-state index contributed by atoms with van der Waals surface area (Å²) in [5, 5.41) is 0. The highest BCUT2D eigenvalue weighted by Crippen LogP contribution is 2.35. The van der Waals surface area contributed by atoms with Crippen LogP contribution in [0.2, 0.25) is 0 Å². The number of anilines is 1. The number of sulfonamides is 1. The normalized spacial score (nSPS) is 17.8. The van der Waals surface area contributed by atoms with Crippen molar-refractivity contribution in [2.75, 3.05) is 50.6 Å². The summed E-state index contributed by atoms with van der Waals surface area (Å²) in [6.45, 7) is 1.84. The zero-order chi connectivity index (χ0) is 21.1. The topological polar surface area (TPSA) is 76.2 Å². The third-order valence-corrected chi connectivity index (χ3v) is 8.25. The maximum atomic E-state index is 13.4. The van der Waals surface area contributed by atoms with Crippen molar-refractivity contribution < 1.29 is 22.7 Å². The van der Waals surface area contributed by atoms with Gasteiger partial charge in [-0.3, -0.25) is 4.79 Å². The zero-order valence-corrected chi connectivity index (χ0v) is 18.4. The Hall–Kier alpha value is -2.07. The third kappa shape index (κ3) is 4.07. The number of methoxy groups -OCH3 is 1. The van der Waals surface area contributed by atoms with Crippen molar-refractivity contribution in [3.63, 3.8) is 0 Å². The number of ether oxygens (including phenoxy) is 2. The SMILES string of the molecule is COc1ccc(C(=O)N2CCCSc3ccccc32)cc1S(=O)(=O)N1CCOCC1. The molecule has 0 radical (unpaired) electrons. The smallest absolute Gasteiger partial charge is 0.258 e. The van der Waals surface area contributed by atoms with E-state index in [1.807, 2.05) is 24.3 Å². The third-order valence-electron chi connectivity index (χ3n) is 5.18. The summed E-state index contributed by atoms with van der Waals surface area (Å²) >= 11 is 1.73. The summed E-state index contributed by atoms with van der Waals surface area (Å²) in [6.07, 6.45) is 0.861. The average Bonchev–Trinajstić information content (AvgIpc) is 3.01. The first-order chi connectivity index (χ1) is 14.5. The van der Waals surface area contributed by atoms with E-state index in [-0.39, 0.29) is 29.6 Å². The molecule has 1 amide bonds. The molecule has 2 heterocycles. The largest absolute Gasteiger partial charge is 0.495 e. The molecule has 4 rings (SSSR count). The molecule has 2 aromatic carbocycles. The van der Waals surface area contributed by atoms with Crippen LogP contribution in [0.15, 0.2) is 52.3 Å². The molecule has 1 fully saturated rings. The highest BCUT2D eigenvalue weighted by atomic mass is 32.2. The summed E-state index contributed by atoms with van der Waals surface area (Å²) in [4.78, 5) is 16.2. The number of fused-ring (bicyclic) bond motifs is 1. The molecular formula is C21H24N2O5S2. The number of carbonyl (C=O) groups excluding carboxylic acids is 1. The van der Waals surface area contributed by atoms with Crippen molar-refractivity contribution >= 4 is 33.4 Å². The van der Waals surface area contributed by atoms with Crippen LogP contribution in [0.3, 0.4) is 0 Å². The standard InChI is InChI=1S/C21H24N2O5S2/c1-27-18-8-7-16(15-20(18)30(25,26)22-10-12-28-13-11-22)21(24)23-9-4-14-29-19-6-3-2-5-17(19)23/h2-3,5-8,15H,4,9-14H2,1H3. The maximum Gasteiger partial charge on any atom is 0.258 e. The molecule has 0 aliphatic carbocycles. The molecule has 0 spiro atoms. The van der Waals surface area contributed by atoms with Crippen LogP contribution in [0.25, 0.3) is 0 Å². The van der Waals surface area contributed by atoms with Crippen LogP contribution in [0.1, 0.15) is 16.8 Å². The van der Waals surface area contributed by atoms with Crippen LogP contribution in [-0.2, 0) is 14.8 Å². The molecule has 160 valence electrons. The number of benzene rings is 2. The molecule has 2 aliphatic rings. The molecule has 0 atom stereocenters. The number of hydrogen-bond donors (Lipinski definition) is 0. The highest BCUT2D eigenvalue weighted by molar-refractivity contribution is 7.99. The second-order valence-corrected chi connectivity index (χ2v) is 10.1. The van der Waals surface area contributed by atoms with Crippen molar-refractivity contribution in [3.8, 4) is 5.75 Å². The molecule has 30 heavy (non-hydrogen) atoms. The Morgan fingerprint density at radius 3 is 2.63 bits per heavy atom. The molecule has 9 heteroatoms. The molecule has 2 aromatic rings. The number of nitrogens with zero attached hydrogens (tertiary/aromatic N) is 2. The first kappa shape index (κ1) is 21.2. The monoisotopic (exact) mass is 448 g/mol. The van der Waals surface area contributed by atoms with Gasteiger partial charge in [0.05, 0.1) is 26.0 Å². The molecule has 0 aromatic heterocycles. The van der Waals surface area contributed by atoms with Gasteiger partial charge in [-0.15, -0.1) is 11.8 Å². The highest BCUT2D eigenvalue weighted by Gasteiger charge is 2.31. The van der Waals surface area contributed by atoms with E-state index >= 15 is 0 Å². The molecular weight excluding hydrogens is 424 g/mol. The molecule has 2 aliphatic heterocycles. The van der Waals surface area contributed by atoms with Gasteiger partial charge in [0.2, 0.25) is 10.0 Å². The van der Waals surface area contributed by atoms with E-state index in [1.54, 1.807) is 28.8 Å². The van der Waals surface area contributed by atoms with Gasteiger partial charge >= 0.3 is 0 Å². The van der Waals surface area contributed by atoms with Gasteiger partial charge in [0.25, 0.3) is 5.91 Å². The van der Waals surface area contributed by atoms with Crippen LogP contribution >= 0.6 is 11.8 Å². The van der Waals surface area contributed by atoms with E-state index < -0.39 is 10.0 Å². The van der Waals surface area contributed by atoms with Crippen LogP contribution in [-0.4, -0.2) is 64.3 Å². The van der Waals surface area contributed by atoms with E-state index in [4.69, 9.17) is 9.47 Å². The average molecular weight is 449 g/mol. The lowest BCUT2D eigenvalue weighted by Crippen LogP contribution is -2.40. The Morgan fingerprint density at radius 1 is 1.10 bits per heavy atom. The molecule has 0 bridgehead atoms. The van der Waals surface area contributed by atoms with Gasteiger partial charge in [0.15, 0.2) is 0 Å². The van der Waals surface area contributed by atoms with Gasteiger partial charge in [-0.1, -0.05) is 12.1 Å². The number of morpholine rings is 1. The number of hydrogen-bond acceptors (Lipinski definition) is 6. The number of rotatable bonds is 4. The fourth-order valence-corrected chi connectivity index (χ4v) is 6.22. The van der Waals surface area contributed by atoms with Gasteiger partial charge < -0.3 is 14.4 Å². The van der Waals surface area contributed by atoms with Gasteiger partial charge in [-0.2, -0.15) is 4.31 Å². The van der Waals surface area contributed by atoms with Crippen LogP contribution in [0, 0.1) is 0 Å². The summed E-state index contributed by atoms with van der Waals surface area (Å²) in [5.74, 6) is 0.941. The minimum absolute atomic E-state index is 0.00947. The first-order valence-corrected chi connectivity index (χ1v) is 12.2. The number of amides is 1. The Kier molecular flexibility index (Phi) is 6.33. The Morgan fingerprint density at radius 2 is 1.87 bits per heavy atom. The van der Waals surface area contributed by atoms with E-state index in [9.17, 15) is 13.2 Å². The van der Waals surface area contributed by atoms with Crippen molar-refractivity contribution in [2.45, 2.75) is 16.2 Å². The van der Waals surface area contributed by atoms with Crippen molar-refractivity contribution in [1.82, 2.24) is 4.31 Å². The van der Waals surface area contributed by atoms with E-state index in [1.165, 1.54) is 17.5 Å². The minimum Gasteiger partial charge on any atom is -0.495 e. The van der Waals surface area contributed by atoms with E-state index in [0.29, 0.717) is 25.3 Å². The first-order valence-electron chi connectivity index (χ1n) is 9.82. The van der Waals surface area contributed by atoms with Crippen molar-refractivity contribution in [1.29, 1.82) is 0 Å². The van der Waals surface area contributed by atoms with Crippen molar-refractivity contribution in [2.24, 2.45) is 0 Å². The van der Waals surface area contributed by atoms with Crippen LogP contribution in [0.4, 0.5) is 5.69 Å². The Labute approximate surface area is 181 Å². The zero-order valence-electron chi connectivity index (χ0n) is 16.7. The summed E-state index contributed by atoms with van der Waals surface area (Å²) in [6, 6.07) is 12.4. The quantitative estimate of drug-likeness (QED) is 0.716. The summed E-state index contributed by atoms with van der Waals surface area (Å²) < 4.78 is 38.4. The maximum absolute atomic E-state index is 13.4. The number of para-hydroxylation sites is 1. The van der Waals surface area contributed by atoms with Gasteiger partial charge in [0, 0.05) is 30.1 Å². The molecule has 0 saturated carbocycles. The van der Waals surface area contributed by atoms with Crippen LogP contribution in [0.5, 0.6) is 5.75 Å². The van der Waals surface area contributed by atoms with Gasteiger partial charge in [-0.25, -0.2) is 8.42 Å². The predicted molar refractivity (Wildman–Crippen MR) is 116 cm³/mol. The Balaban J connectivity index is 1.72. The molecule has 1 saturated heterocycles. The Bertz CT molecular complexity index is 1040. The fraction of sp³-hybridized carbons (Fsp3) is 0.381. The van der Waals surface area contributed by atoms with Crippen LogP contribution < -0.4 is 9.64 Å². The lowest BCUT2D eigenvalue weighted by Gasteiger charge is -2.27. The fourth-order valence-electron chi connectivity index (χ4n) is 3.63. The van der Waals surface area contributed by atoms with E-state index in [2.05, 4.69) is 0 Å². The lowest BCUT2D eigenvalue weighted by atomic mass is 10.1. The summed E-state index contributed by atoms with van der Waals surface area (Å²) in [5.41, 5.74) is 1.18. The molecule has 7 nitrogen and oxygen atoms in total. The second-order valence-electron chi connectivity index (χ2n) is 7.01. The predicted octanol–water partition coefficient (Wildman–Crippen LogP) is 2.86. The van der Waals surface area contributed by atoms with Crippen molar-refractivity contribution in [3.05, 3.63) is 48.0 Å². The van der Waals surface area contributed by atoms with Gasteiger partial charge in [0.1, 0.15) is 10.6 Å². The van der Waals surface area contributed by atoms with E-state index in [0.717, 1.165) is 22.8 Å². The molecule has 0 N–H and O–H groups in total. The lowest BCUT2D eigenvalue weighted by molar-refractivity contribution is 0.0729. The summed E-state index contributed by atoms with van der Waals surface area (Å²) in [7, 11) is -2.38. The molecule has 0 unspecified atom stereocenters. The van der Waals surface area contributed by atoms with Gasteiger partial charge in [-0.05, 0) is 42.5 Å². The minimum atomic E-state index is -3.81. The number of carbonyl (C=O) groups is 1. The number of thioether (sulfide) groups is 1.